The van der Waals surface area contributed by atoms with Crippen LogP contribution in [0.5, 0.6) is 11.5 Å². The lowest BCUT2D eigenvalue weighted by Crippen LogP contribution is -2.41. The lowest BCUT2D eigenvalue weighted by atomic mass is 10.1. The molecule has 2 fully saturated rings. The van der Waals surface area contributed by atoms with Gasteiger partial charge in [-0.2, -0.15) is 0 Å². The van der Waals surface area contributed by atoms with Gasteiger partial charge in [0.15, 0.2) is 0 Å². The molecular formula is C20H24N2O5. The molecule has 2 saturated heterocycles. The van der Waals surface area contributed by atoms with E-state index >= 15 is 0 Å². The van der Waals surface area contributed by atoms with Gasteiger partial charge in [0.2, 0.25) is 0 Å². The van der Waals surface area contributed by atoms with Crippen LogP contribution in [-0.2, 0) is 0 Å². The molecule has 0 aliphatic carbocycles. The minimum Gasteiger partial charge on any atom is -0.508 e. The Morgan fingerprint density at radius 2 is 1.19 bits per heavy atom. The van der Waals surface area contributed by atoms with Gasteiger partial charge < -0.3 is 25.5 Å². The summed E-state index contributed by atoms with van der Waals surface area (Å²) < 4.78 is 0. The lowest BCUT2D eigenvalue weighted by Gasteiger charge is -2.30. The molecule has 1 amide bonds. The van der Waals surface area contributed by atoms with Crippen molar-refractivity contribution in [1.29, 1.82) is 0 Å². The largest absolute Gasteiger partial charge is 0.508 e. The maximum absolute atomic E-state index is 11.6. The number of likely N-dealkylation sites (tertiary alicyclic amines) is 1. The molecule has 0 bridgehead atoms. The SMILES string of the molecule is C1CNC1.O=C(O)c1ccc(O)cc1.O=C(c1ccc(O)cc1)N1CCC1. The molecule has 4 N–H and O–H groups in total. The van der Waals surface area contributed by atoms with E-state index in [2.05, 4.69) is 5.32 Å². The summed E-state index contributed by atoms with van der Waals surface area (Å²) in [6.45, 7) is 4.22. The van der Waals surface area contributed by atoms with Crippen molar-refractivity contribution >= 4 is 11.9 Å². The van der Waals surface area contributed by atoms with E-state index in [1.165, 1.54) is 55.9 Å². The Bertz CT molecular complexity index is 732. The van der Waals surface area contributed by atoms with E-state index in [0.29, 0.717) is 5.56 Å². The Morgan fingerprint density at radius 1 is 0.778 bits per heavy atom. The first-order valence-corrected chi connectivity index (χ1v) is 8.78. The quantitative estimate of drug-likeness (QED) is 0.644. The lowest BCUT2D eigenvalue weighted by molar-refractivity contribution is 0.0650. The molecule has 0 radical (unpaired) electrons. The van der Waals surface area contributed by atoms with E-state index < -0.39 is 5.97 Å². The molecule has 27 heavy (non-hydrogen) atoms. The topological polar surface area (TPSA) is 110 Å². The van der Waals surface area contributed by atoms with E-state index in [-0.39, 0.29) is 23.0 Å². The minimum absolute atomic E-state index is 0.0613. The molecule has 0 aromatic heterocycles. The molecule has 0 spiro atoms. The number of hydrogen-bond donors (Lipinski definition) is 4. The van der Waals surface area contributed by atoms with Crippen LogP contribution in [0.15, 0.2) is 48.5 Å². The maximum atomic E-state index is 11.6. The number of carboxylic acid groups (broad SMARTS) is 1. The molecule has 2 aliphatic rings. The molecule has 2 aromatic rings. The first kappa shape index (κ1) is 20.3. The van der Waals surface area contributed by atoms with Crippen molar-refractivity contribution in [2.45, 2.75) is 12.8 Å². The highest BCUT2D eigenvalue weighted by molar-refractivity contribution is 5.94. The molecule has 2 aromatic carbocycles. The first-order chi connectivity index (χ1) is 13.0. The van der Waals surface area contributed by atoms with E-state index in [9.17, 15) is 9.59 Å². The number of carbonyl (C=O) groups is 2. The van der Waals surface area contributed by atoms with Crippen LogP contribution in [0.1, 0.15) is 33.6 Å². The number of nitrogens with one attached hydrogen (secondary N) is 1. The summed E-state index contributed by atoms with van der Waals surface area (Å²) in [6, 6.07) is 11.7. The fourth-order valence-corrected chi connectivity index (χ4v) is 2.09. The molecule has 2 heterocycles. The molecule has 0 atom stereocenters. The number of carboxylic acids is 1. The number of carbonyl (C=O) groups excluding carboxylic acids is 1. The van der Waals surface area contributed by atoms with Crippen molar-refractivity contribution in [2.24, 2.45) is 0 Å². The minimum atomic E-state index is -0.986. The average molecular weight is 372 g/mol. The van der Waals surface area contributed by atoms with Crippen molar-refractivity contribution in [3.63, 3.8) is 0 Å². The third kappa shape index (κ3) is 6.63. The van der Waals surface area contributed by atoms with Crippen molar-refractivity contribution in [1.82, 2.24) is 10.2 Å². The van der Waals surface area contributed by atoms with Crippen molar-refractivity contribution < 1.29 is 24.9 Å². The number of amides is 1. The van der Waals surface area contributed by atoms with Gasteiger partial charge in [0, 0.05) is 18.7 Å². The predicted molar refractivity (Wildman–Crippen MR) is 101 cm³/mol. The fourth-order valence-electron chi connectivity index (χ4n) is 2.09. The van der Waals surface area contributed by atoms with E-state index in [1.54, 1.807) is 17.0 Å². The summed E-state index contributed by atoms with van der Waals surface area (Å²) in [5, 5.41) is 29.3. The Hall–Kier alpha value is -3.06. The summed E-state index contributed by atoms with van der Waals surface area (Å²) in [6.07, 6.45) is 2.49. The van der Waals surface area contributed by atoms with Crippen LogP contribution in [0.2, 0.25) is 0 Å². The summed E-state index contributed by atoms with van der Waals surface area (Å²) in [5.74, 6) is -0.656. The Labute approximate surface area is 157 Å². The van der Waals surface area contributed by atoms with Gasteiger partial charge >= 0.3 is 5.97 Å². The van der Waals surface area contributed by atoms with Crippen molar-refractivity contribution in [3.05, 3.63) is 59.7 Å². The van der Waals surface area contributed by atoms with Gasteiger partial charge in [0.25, 0.3) is 5.91 Å². The summed E-state index contributed by atoms with van der Waals surface area (Å²) in [4.78, 5) is 23.6. The number of rotatable bonds is 2. The first-order valence-electron chi connectivity index (χ1n) is 8.78. The van der Waals surface area contributed by atoms with Gasteiger partial charge in [-0.05, 0) is 74.5 Å². The van der Waals surface area contributed by atoms with Gasteiger partial charge in [-0.3, -0.25) is 4.79 Å². The molecule has 0 unspecified atom stereocenters. The fraction of sp³-hybridized carbons (Fsp3) is 0.300. The third-order valence-corrected chi connectivity index (χ3v) is 4.08. The Balaban J connectivity index is 0.000000164. The van der Waals surface area contributed by atoms with Gasteiger partial charge in [-0.1, -0.05) is 0 Å². The zero-order chi connectivity index (χ0) is 19.6. The Kier molecular flexibility index (Phi) is 7.63. The van der Waals surface area contributed by atoms with Gasteiger partial charge in [0.1, 0.15) is 11.5 Å². The molecule has 2 aliphatic heterocycles. The summed E-state index contributed by atoms with van der Waals surface area (Å²) >= 11 is 0. The predicted octanol–water partition coefficient (Wildman–Crippen LogP) is 2.31. The highest BCUT2D eigenvalue weighted by Gasteiger charge is 2.21. The zero-order valence-electron chi connectivity index (χ0n) is 15.0. The molecule has 4 rings (SSSR count). The number of benzene rings is 2. The average Bonchev–Trinajstić information content (AvgIpc) is 2.53. The number of nitrogens with zero attached hydrogens (tertiary/aromatic N) is 1. The summed E-state index contributed by atoms with van der Waals surface area (Å²) in [7, 11) is 0. The van der Waals surface area contributed by atoms with Crippen LogP contribution >= 0.6 is 0 Å². The normalized spacial score (nSPS) is 14.3. The zero-order valence-corrected chi connectivity index (χ0v) is 15.0. The molecule has 7 nitrogen and oxygen atoms in total. The summed E-state index contributed by atoms with van der Waals surface area (Å²) in [5.41, 5.74) is 0.829. The van der Waals surface area contributed by atoms with Crippen molar-refractivity contribution in [2.75, 3.05) is 26.2 Å². The second-order valence-corrected chi connectivity index (χ2v) is 6.15. The number of phenolic OH excluding ortho intramolecular Hbond substituents is 2. The highest BCUT2D eigenvalue weighted by atomic mass is 16.4. The van der Waals surface area contributed by atoms with E-state index in [1.807, 2.05) is 0 Å². The van der Waals surface area contributed by atoms with E-state index in [0.717, 1.165) is 19.5 Å². The van der Waals surface area contributed by atoms with Gasteiger partial charge in [-0.15, -0.1) is 0 Å². The van der Waals surface area contributed by atoms with Crippen LogP contribution in [0.3, 0.4) is 0 Å². The smallest absolute Gasteiger partial charge is 0.335 e. The number of hydrogen-bond acceptors (Lipinski definition) is 5. The number of phenols is 2. The van der Waals surface area contributed by atoms with Crippen LogP contribution in [0.25, 0.3) is 0 Å². The van der Waals surface area contributed by atoms with Crippen LogP contribution in [0, 0.1) is 0 Å². The van der Waals surface area contributed by atoms with E-state index in [4.69, 9.17) is 15.3 Å². The van der Waals surface area contributed by atoms with Gasteiger partial charge in [-0.25, -0.2) is 4.79 Å². The van der Waals surface area contributed by atoms with Crippen LogP contribution in [0.4, 0.5) is 0 Å². The highest BCUT2D eigenvalue weighted by Crippen LogP contribution is 2.15. The second kappa shape index (κ2) is 10.2. The second-order valence-electron chi connectivity index (χ2n) is 6.15. The van der Waals surface area contributed by atoms with Crippen LogP contribution < -0.4 is 5.32 Å². The Morgan fingerprint density at radius 3 is 1.48 bits per heavy atom. The number of aromatic hydroxyl groups is 2. The maximum Gasteiger partial charge on any atom is 0.335 e. The number of aromatic carboxylic acids is 1. The van der Waals surface area contributed by atoms with Gasteiger partial charge in [0.05, 0.1) is 5.56 Å². The molecular weight excluding hydrogens is 348 g/mol. The molecule has 7 heteroatoms. The standard InChI is InChI=1S/C10H11NO2.C7H6O3.C3H7N/c12-9-4-2-8(3-5-9)10(13)11-6-1-7-11;8-6-3-1-5(2-4-6)7(9)10;1-2-4-3-1/h2-5,12H,1,6-7H2;1-4,8H,(H,9,10);4H,1-3H2. The van der Waals surface area contributed by atoms with Crippen LogP contribution in [-0.4, -0.2) is 58.3 Å². The monoisotopic (exact) mass is 372 g/mol. The molecule has 0 saturated carbocycles. The van der Waals surface area contributed by atoms with Crippen molar-refractivity contribution in [3.8, 4) is 11.5 Å². The third-order valence-electron chi connectivity index (χ3n) is 4.08. The molecule has 144 valence electrons.